The van der Waals surface area contributed by atoms with Crippen molar-refractivity contribution in [1.29, 1.82) is 0 Å². The van der Waals surface area contributed by atoms with E-state index >= 15 is 0 Å². The van der Waals surface area contributed by atoms with Crippen LogP contribution < -0.4 is 10.5 Å². The summed E-state index contributed by atoms with van der Waals surface area (Å²) in [6.07, 6.45) is 1.58. The molecule has 0 spiro atoms. The number of hydrogen-bond donors (Lipinski definition) is 0. The highest BCUT2D eigenvalue weighted by atomic mass is 32.1. The van der Waals surface area contributed by atoms with Crippen LogP contribution in [0.1, 0.15) is 20.8 Å². The Hall–Kier alpha value is -2.87. The number of benzene rings is 1. The van der Waals surface area contributed by atoms with E-state index in [2.05, 4.69) is 15.0 Å². The fourth-order valence-corrected chi connectivity index (χ4v) is 3.38. The number of carbonyl (C=O) groups is 1. The van der Waals surface area contributed by atoms with Crippen molar-refractivity contribution in [3.05, 3.63) is 46.9 Å². The first kappa shape index (κ1) is 18.9. The number of fused-ring (bicyclic) bond motifs is 1. The molecule has 3 rings (SSSR count). The maximum absolute atomic E-state index is 12.3. The first-order valence-electron chi connectivity index (χ1n) is 8.39. The van der Waals surface area contributed by atoms with Crippen LogP contribution in [-0.2, 0) is 9.53 Å². The molecule has 0 aliphatic carbocycles. The smallest absolute Gasteiger partial charge is 0.326 e. The Labute approximate surface area is 160 Å². The second kappa shape index (κ2) is 7.40. The standard InChI is InChI=1S/C19H20N4O3S/c1-19(2,3)26-15(24)11-23(4)18-20-10-9-13(21-18)17-22-16(25)12-7-5-6-8-14(12)27-17/h5-10H,11H2,1-4H3. The number of esters is 1. The topological polar surface area (TPSA) is 85.3 Å². The van der Waals surface area contributed by atoms with Gasteiger partial charge in [-0.25, -0.2) is 9.97 Å². The molecular formula is C19H20N4O3S. The molecule has 140 valence electrons. The second-order valence-corrected chi connectivity index (χ2v) is 8.04. The summed E-state index contributed by atoms with van der Waals surface area (Å²) in [5, 5.41) is 1.09. The van der Waals surface area contributed by atoms with Gasteiger partial charge < -0.3 is 9.64 Å². The number of hydrogen-bond acceptors (Lipinski definition) is 8. The Balaban J connectivity index is 1.87. The van der Waals surface area contributed by atoms with Gasteiger partial charge in [-0.3, -0.25) is 9.59 Å². The monoisotopic (exact) mass is 384 g/mol. The normalized spacial score (nSPS) is 11.4. The molecule has 0 N–H and O–H groups in total. The summed E-state index contributed by atoms with van der Waals surface area (Å²) in [4.78, 5) is 38.7. The Morgan fingerprint density at radius 1 is 1.19 bits per heavy atom. The van der Waals surface area contributed by atoms with Crippen LogP contribution in [-0.4, -0.2) is 40.1 Å². The summed E-state index contributed by atoms with van der Waals surface area (Å²) < 4.78 is 6.16. The van der Waals surface area contributed by atoms with Gasteiger partial charge in [0, 0.05) is 17.9 Å². The molecular weight excluding hydrogens is 364 g/mol. The fourth-order valence-electron chi connectivity index (χ4n) is 2.41. The van der Waals surface area contributed by atoms with E-state index < -0.39 is 5.60 Å². The van der Waals surface area contributed by atoms with Crippen molar-refractivity contribution < 1.29 is 9.53 Å². The summed E-state index contributed by atoms with van der Waals surface area (Å²) in [7, 11) is 1.71. The Morgan fingerprint density at radius 3 is 2.67 bits per heavy atom. The number of anilines is 1. The van der Waals surface area contributed by atoms with E-state index in [1.807, 2.05) is 39.0 Å². The van der Waals surface area contributed by atoms with E-state index in [9.17, 15) is 9.59 Å². The maximum atomic E-state index is 12.3. The van der Waals surface area contributed by atoms with Crippen LogP contribution in [0.4, 0.5) is 5.95 Å². The molecule has 8 heteroatoms. The number of aromatic nitrogens is 3. The molecule has 0 amide bonds. The lowest BCUT2D eigenvalue weighted by Gasteiger charge is -2.22. The zero-order chi connectivity index (χ0) is 19.6. The molecule has 0 bridgehead atoms. The first-order valence-corrected chi connectivity index (χ1v) is 9.21. The maximum Gasteiger partial charge on any atom is 0.326 e. The minimum absolute atomic E-state index is 0.0160. The van der Waals surface area contributed by atoms with Crippen LogP contribution in [0, 0.1) is 0 Å². The van der Waals surface area contributed by atoms with E-state index in [0.29, 0.717) is 22.0 Å². The van der Waals surface area contributed by atoms with Gasteiger partial charge in [-0.05, 0) is 39.0 Å². The zero-order valence-corrected chi connectivity index (χ0v) is 16.4. The highest BCUT2D eigenvalue weighted by Crippen LogP contribution is 2.25. The summed E-state index contributed by atoms with van der Waals surface area (Å²) >= 11 is 1.38. The van der Waals surface area contributed by atoms with Crippen molar-refractivity contribution in [2.45, 2.75) is 26.4 Å². The van der Waals surface area contributed by atoms with Crippen molar-refractivity contribution in [3.63, 3.8) is 0 Å². The number of nitrogens with zero attached hydrogens (tertiary/aromatic N) is 4. The molecule has 0 aliphatic heterocycles. The molecule has 2 aromatic heterocycles. The van der Waals surface area contributed by atoms with Gasteiger partial charge in [0.15, 0.2) is 0 Å². The average molecular weight is 384 g/mol. The number of rotatable bonds is 4. The second-order valence-electron chi connectivity index (χ2n) is 7.00. The molecule has 0 radical (unpaired) electrons. The summed E-state index contributed by atoms with van der Waals surface area (Å²) in [5.41, 5.74) is -0.313. The van der Waals surface area contributed by atoms with E-state index in [4.69, 9.17) is 4.74 Å². The lowest BCUT2D eigenvalue weighted by atomic mass is 10.2. The van der Waals surface area contributed by atoms with Gasteiger partial charge in [-0.1, -0.05) is 12.1 Å². The molecule has 7 nitrogen and oxygen atoms in total. The third-order valence-electron chi connectivity index (χ3n) is 3.52. The Kier molecular flexibility index (Phi) is 5.18. The first-order chi connectivity index (χ1) is 12.7. The molecule has 0 saturated carbocycles. The minimum atomic E-state index is -0.554. The Morgan fingerprint density at radius 2 is 1.93 bits per heavy atom. The molecule has 3 aromatic rings. The average Bonchev–Trinajstić information content (AvgIpc) is 2.60. The molecule has 0 atom stereocenters. The van der Waals surface area contributed by atoms with Gasteiger partial charge in [0.2, 0.25) is 5.95 Å². The number of ether oxygens (including phenoxy) is 1. The van der Waals surface area contributed by atoms with E-state index in [0.717, 1.165) is 4.70 Å². The van der Waals surface area contributed by atoms with E-state index in [-0.39, 0.29) is 18.1 Å². The lowest BCUT2D eigenvalue weighted by Crippen LogP contribution is -2.33. The van der Waals surface area contributed by atoms with Crippen LogP contribution in [0.2, 0.25) is 0 Å². The molecule has 27 heavy (non-hydrogen) atoms. The molecule has 2 heterocycles. The molecule has 0 aliphatic rings. The number of likely N-dealkylation sites (N-methyl/N-ethyl adjacent to an activating group) is 1. The molecule has 0 saturated heterocycles. The molecule has 1 aromatic carbocycles. The van der Waals surface area contributed by atoms with Crippen LogP contribution >= 0.6 is 11.3 Å². The predicted octanol–water partition coefficient (Wildman–Crippen LogP) is 2.89. The zero-order valence-electron chi connectivity index (χ0n) is 15.6. The summed E-state index contributed by atoms with van der Waals surface area (Å²) in [6.45, 7) is 5.46. The quantitative estimate of drug-likeness (QED) is 0.639. The lowest BCUT2D eigenvalue weighted by molar-refractivity contribution is -0.152. The summed E-state index contributed by atoms with van der Waals surface area (Å²) in [5.74, 6) is -0.0135. The van der Waals surface area contributed by atoms with Gasteiger partial charge in [-0.2, -0.15) is 4.98 Å². The molecule has 0 unspecified atom stereocenters. The highest BCUT2D eigenvalue weighted by molar-refractivity contribution is 7.21. The van der Waals surface area contributed by atoms with Crippen LogP contribution in [0.25, 0.3) is 20.8 Å². The highest BCUT2D eigenvalue weighted by Gasteiger charge is 2.19. The van der Waals surface area contributed by atoms with E-state index in [1.165, 1.54) is 11.3 Å². The summed E-state index contributed by atoms with van der Waals surface area (Å²) in [6, 6.07) is 9.01. The van der Waals surface area contributed by atoms with Crippen molar-refractivity contribution in [2.24, 2.45) is 0 Å². The van der Waals surface area contributed by atoms with Gasteiger partial charge in [0.05, 0.1) is 5.39 Å². The fraction of sp³-hybridized carbons (Fsp3) is 0.316. The van der Waals surface area contributed by atoms with Crippen molar-refractivity contribution in [3.8, 4) is 10.7 Å². The number of carbonyl (C=O) groups excluding carboxylic acids is 1. The van der Waals surface area contributed by atoms with Crippen molar-refractivity contribution in [2.75, 3.05) is 18.5 Å². The predicted molar refractivity (Wildman–Crippen MR) is 106 cm³/mol. The third-order valence-corrected chi connectivity index (χ3v) is 4.59. The molecule has 0 fully saturated rings. The van der Waals surface area contributed by atoms with Gasteiger partial charge in [-0.15, -0.1) is 11.3 Å². The van der Waals surface area contributed by atoms with E-state index in [1.54, 1.807) is 30.3 Å². The SMILES string of the molecule is CN(CC(=O)OC(C)(C)C)c1nccc(-c2nc(=O)c3ccccc3s2)n1. The van der Waals surface area contributed by atoms with Crippen molar-refractivity contribution in [1.82, 2.24) is 15.0 Å². The van der Waals surface area contributed by atoms with Crippen LogP contribution in [0.15, 0.2) is 41.3 Å². The van der Waals surface area contributed by atoms with Crippen molar-refractivity contribution >= 4 is 33.3 Å². The van der Waals surface area contributed by atoms with Gasteiger partial charge in [0.1, 0.15) is 22.8 Å². The van der Waals surface area contributed by atoms with Crippen LogP contribution in [0.5, 0.6) is 0 Å². The minimum Gasteiger partial charge on any atom is -0.459 e. The van der Waals surface area contributed by atoms with Gasteiger partial charge in [0.25, 0.3) is 5.56 Å². The Bertz CT molecular complexity index is 1040. The largest absolute Gasteiger partial charge is 0.459 e. The third kappa shape index (κ3) is 4.65. The van der Waals surface area contributed by atoms with Crippen LogP contribution in [0.3, 0.4) is 0 Å². The van der Waals surface area contributed by atoms with Gasteiger partial charge >= 0.3 is 5.97 Å².